The molecule has 1 aliphatic carbocycles. The van der Waals surface area contributed by atoms with Crippen molar-refractivity contribution in [3.63, 3.8) is 0 Å². The Morgan fingerprint density at radius 2 is 1.65 bits per heavy atom. The molecule has 164 valence electrons. The maximum absolute atomic E-state index is 12.7. The van der Waals surface area contributed by atoms with Gasteiger partial charge in [0.15, 0.2) is 6.61 Å². The maximum atomic E-state index is 12.7. The van der Waals surface area contributed by atoms with Crippen LogP contribution in [-0.4, -0.2) is 50.8 Å². The van der Waals surface area contributed by atoms with Crippen LogP contribution in [0.4, 0.5) is 0 Å². The molecule has 2 aromatic rings. The van der Waals surface area contributed by atoms with Gasteiger partial charge >= 0.3 is 5.97 Å². The molecule has 7 heteroatoms. The second kappa shape index (κ2) is 10.5. The minimum atomic E-state index is -0.591. The van der Waals surface area contributed by atoms with E-state index in [-0.39, 0.29) is 18.6 Å². The third kappa shape index (κ3) is 6.25. The standard InChI is InChI=1S/C24H27NO6/c1-28-20-10-4-17(5-11-20)15-25(19-8-9-19)23(26)16-31-24(27)13-7-18-6-12-21(29-2)14-22(18)30-3/h4-7,10-14,19H,8-9,15-16H2,1-3H3/b13-7+. The van der Waals surface area contributed by atoms with Crippen LogP contribution < -0.4 is 14.2 Å². The van der Waals surface area contributed by atoms with Gasteiger partial charge in [-0.05, 0) is 48.7 Å². The number of esters is 1. The molecule has 0 unspecified atom stereocenters. The predicted octanol–water partition coefficient (Wildman–Crippen LogP) is 3.46. The lowest BCUT2D eigenvalue weighted by molar-refractivity contribution is -0.148. The quantitative estimate of drug-likeness (QED) is 0.429. The van der Waals surface area contributed by atoms with E-state index in [1.54, 1.807) is 50.5 Å². The first-order chi connectivity index (χ1) is 15.0. The molecule has 0 atom stereocenters. The summed E-state index contributed by atoms with van der Waals surface area (Å²) < 4.78 is 20.8. The van der Waals surface area contributed by atoms with E-state index in [1.807, 2.05) is 24.3 Å². The number of amides is 1. The summed E-state index contributed by atoms with van der Waals surface area (Å²) in [5.41, 5.74) is 1.70. The molecular formula is C24H27NO6. The molecule has 3 rings (SSSR count). The molecule has 1 fully saturated rings. The number of nitrogens with zero attached hydrogens (tertiary/aromatic N) is 1. The van der Waals surface area contributed by atoms with Crippen molar-refractivity contribution in [2.45, 2.75) is 25.4 Å². The number of hydrogen-bond acceptors (Lipinski definition) is 6. The van der Waals surface area contributed by atoms with Gasteiger partial charge in [0.2, 0.25) is 0 Å². The Kier molecular flexibility index (Phi) is 7.54. The van der Waals surface area contributed by atoms with Gasteiger partial charge in [-0.15, -0.1) is 0 Å². The fourth-order valence-corrected chi connectivity index (χ4v) is 3.11. The maximum Gasteiger partial charge on any atom is 0.331 e. The molecule has 0 aliphatic heterocycles. The van der Waals surface area contributed by atoms with E-state index in [9.17, 15) is 9.59 Å². The highest BCUT2D eigenvalue weighted by Gasteiger charge is 2.32. The highest BCUT2D eigenvalue weighted by atomic mass is 16.5. The number of benzene rings is 2. The van der Waals surface area contributed by atoms with Crippen LogP contribution in [0.15, 0.2) is 48.5 Å². The van der Waals surface area contributed by atoms with Crippen molar-refractivity contribution in [3.05, 3.63) is 59.7 Å². The molecule has 0 radical (unpaired) electrons. The Labute approximate surface area is 182 Å². The molecule has 1 saturated carbocycles. The first-order valence-corrected chi connectivity index (χ1v) is 10.0. The number of ether oxygens (including phenoxy) is 4. The van der Waals surface area contributed by atoms with E-state index in [0.29, 0.717) is 23.6 Å². The van der Waals surface area contributed by atoms with E-state index in [0.717, 1.165) is 24.2 Å². The summed E-state index contributed by atoms with van der Waals surface area (Å²) in [6.45, 7) is 0.180. The van der Waals surface area contributed by atoms with Gasteiger partial charge in [-0.1, -0.05) is 12.1 Å². The van der Waals surface area contributed by atoms with Crippen LogP contribution in [0.1, 0.15) is 24.0 Å². The Morgan fingerprint density at radius 3 is 2.26 bits per heavy atom. The van der Waals surface area contributed by atoms with E-state index in [1.165, 1.54) is 6.08 Å². The molecule has 31 heavy (non-hydrogen) atoms. The first kappa shape index (κ1) is 22.2. The number of rotatable bonds is 10. The Bertz CT molecular complexity index is 934. The van der Waals surface area contributed by atoms with Crippen molar-refractivity contribution in [3.8, 4) is 17.2 Å². The van der Waals surface area contributed by atoms with E-state index in [4.69, 9.17) is 18.9 Å². The molecule has 1 aliphatic rings. The summed E-state index contributed by atoms with van der Waals surface area (Å²) in [6, 6.07) is 13.1. The van der Waals surface area contributed by atoms with Crippen molar-refractivity contribution in [1.29, 1.82) is 0 Å². The SMILES string of the molecule is COc1ccc(CN(C(=O)COC(=O)/C=C/c2ccc(OC)cc2OC)C2CC2)cc1. The second-order valence-electron chi connectivity index (χ2n) is 7.15. The summed E-state index contributed by atoms with van der Waals surface area (Å²) in [6.07, 6.45) is 4.80. The molecule has 1 amide bonds. The van der Waals surface area contributed by atoms with Gasteiger partial charge in [0.1, 0.15) is 17.2 Å². The van der Waals surface area contributed by atoms with Crippen molar-refractivity contribution in [2.75, 3.05) is 27.9 Å². The van der Waals surface area contributed by atoms with Crippen LogP contribution in [-0.2, 0) is 20.9 Å². The van der Waals surface area contributed by atoms with Crippen LogP contribution in [0, 0.1) is 0 Å². The van der Waals surface area contributed by atoms with Gasteiger partial charge in [0.05, 0.1) is 21.3 Å². The van der Waals surface area contributed by atoms with Crippen LogP contribution in [0.25, 0.3) is 6.08 Å². The largest absolute Gasteiger partial charge is 0.497 e. The predicted molar refractivity (Wildman–Crippen MR) is 116 cm³/mol. The monoisotopic (exact) mass is 425 g/mol. The summed E-state index contributed by atoms with van der Waals surface area (Å²) in [5, 5.41) is 0. The zero-order chi connectivity index (χ0) is 22.2. The molecule has 0 aromatic heterocycles. The summed E-state index contributed by atoms with van der Waals surface area (Å²) in [5.74, 6) is 1.19. The van der Waals surface area contributed by atoms with E-state index in [2.05, 4.69) is 0 Å². The minimum Gasteiger partial charge on any atom is -0.497 e. The second-order valence-corrected chi connectivity index (χ2v) is 7.15. The van der Waals surface area contributed by atoms with Crippen molar-refractivity contribution in [1.82, 2.24) is 4.90 Å². The summed E-state index contributed by atoms with van der Waals surface area (Å²) in [4.78, 5) is 26.6. The Hall–Kier alpha value is -3.48. The average molecular weight is 425 g/mol. The van der Waals surface area contributed by atoms with Crippen molar-refractivity contribution < 1.29 is 28.5 Å². The molecule has 0 saturated heterocycles. The fourth-order valence-electron chi connectivity index (χ4n) is 3.11. The number of methoxy groups -OCH3 is 3. The molecular weight excluding hydrogens is 398 g/mol. The summed E-state index contributed by atoms with van der Waals surface area (Å²) >= 11 is 0. The lowest BCUT2D eigenvalue weighted by atomic mass is 10.2. The molecule has 2 aromatic carbocycles. The van der Waals surface area contributed by atoms with Gasteiger partial charge in [0.25, 0.3) is 5.91 Å². The van der Waals surface area contributed by atoms with Crippen LogP contribution in [0.5, 0.6) is 17.2 Å². The van der Waals surface area contributed by atoms with E-state index < -0.39 is 5.97 Å². The zero-order valence-electron chi connectivity index (χ0n) is 18.0. The van der Waals surface area contributed by atoms with Gasteiger partial charge < -0.3 is 23.8 Å². The van der Waals surface area contributed by atoms with Gasteiger partial charge in [-0.2, -0.15) is 0 Å². The van der Waals surface area contributed by atoms with Gasteiger partial charge in [0, 0.05) is 30.3 Å². The topological polar surface area (TPSA) is 74.3 Å². The first-order valence-electron chi connectivity index (χ1n) is 10.0. The number of hydrogen-bond donors (Lipinski definition) is 0. The van der Waals surface area contributed by atoms with Crippen molar-refractivity contribution in [2.24, 2.45) is 0 Å². The molecule has 7 nitrogen and oxygen atoms in total. The summed E-state index contributed by atoms with van der Waals surface area (Å²) in [7, 11) is 4.72. The third-order valence-corrected chi connectivity index (χ3v) is 5.00. The molecule has 0 spiro atoms. The van der Waals surface area contributed by atoms with Crippen LogP contribution >= 0.6 is 0 Å². The van der Waals surface area contributed by atoms with Gasteiger partial charge in [-0.3, -0.25) is 4.79 Å². The molecule has 0 N–H and O–H groups in total. The van der Waals surface area contributed by atoms with E-state index >= 15 is 0 Å². The highest BCUT2D eigenvalue weighted by Crippen LogP contribution is 2.29. The van der Waals surface area contributed by atoms with Crippen LogP contribution in [0.2, 0.25) is 0 Å². The van der Waals surface area contributed by atoms with Gasteiger partial charge in [-0.25, -0.2) is 4.79 Å². The number of carbonyl (C=O) groups is 2. The Balaban J connectivity index is 1.55. The lowest BCUT2D eigenvalue weighted by Crippen LogP contribution is -2.35. The average Bonchev–Trinajstić information content (AvgIpc) is 3.65. The lowest BCUT2D eigenvalue weighted by Gasteiger charge is -2.22. The van der Waals surface area contributed by atoms with Crippen molar-refractivity contribution >= 4 is 18.0 Å². The molecule has 0 bridgehead atoms. The number of carbonyl (C=O) groups excluding carboxylic acids is 2. The minimum absolute atomic E-state index is 0.201. The highest BCUT2D eigenvalue weighted by molar-refractivity contribution is 5.89. The normalized spacial score (nSPS) is 13.0. The fraction of sp³-hybridized carbons (Fsp3) is 0.333. The van der Waals surface area contributed by atoms with Crippen LogP contribution in [0.3, 0.4) is 0 Å². The Morgan fingerprint density at radius 1 is 0.968 bits per heavy atom. The third-order valence-electron chi connectivity index (χ3n) is 5.00. The zero-order valence-corrected chi connectivity index (χ0v) is 18.0. The smallest absolute Gasteiger partial charge is 0.331 e. The molecule has 0 heterocycles.